The molecule has 0 radical (unpaired) electrons. The van der Waals surface area contributed by atoms with Gasteiger partial charge in [-0.3, -0.25) is 9.59 Å². The lowest BCUT2D eigenvalue weighted by Gasteiger charge is -2.35. The van der Waals surface area contributed by atoms with Crippen LogP contribution in [0.3, 0.4) is 0 Å². The van der Waals surface area contributed by atoms with Gasteiger partial charge in [-0.1, -0.05) is 48.5 Å². The predicted molar refractivity (Wildman–Crippen MR) is 127 cm³/mol. The molecular weight excluding hydrogens is 402 g/mol. The standard InChI is InChI=1S/C25H31N5O2/c1-28-15-17-29(18-16-28)23-10-6-5-9-21(23)19-26-24(31)11-12-25(32)30-14-13-22(27-30)20-7-3-2-4-8-20/h2-10H,11-19H2,1H3,(H,26,31). The first-order valence-electron chi connectivity index (χ1n) is 11.3. The predicted octanol–water partition coefficient (Wildman–Crippen LogP) is 2.47. The van der Waals surface area contributed by atoms with E-state index < -0.39 is 0 Å². The third-order valence-electron chi connectivity index (χ3n) is 6.07. The molecule has 0 saturated carbocycles. The van der Waals surface area contributed by atoms with Crippen molar-refractivity contribution >= 4 is 23.2 Å². The van der Waals surface area contributed by atoms with Gasteiger partial charge < -0.3 is 15.1 Å². The van der Waals surface area contributed by atoms with Crippen LogP contribution in [-0.2, 0) is 16.1 Å². The molecule has 2 aromatic carbocycles. The number of likely N-dealkylation sites (N-methyl/N-ethyl adjacent to an activating group) is 1. The van der Waals surface area contributed by atoms with E-state index in [9.17, 15) is 9.59 Å². The number of nitrogens with zero attached hydrogens (tertiary/aromatic N) is 4. The van der Waals surface area contributed by atoms with E-state index in [2.05, 4.69) is 39.4 Å². The van der Waals surface area contributed by atoms with Gasteiger partial charge in [0, 0.05) is 57.7 Å². The van der Waals surface area contributed by atoms with Crippen molar-refractivity contribution in [2.24, 2.45) is 5.10 Å². The number of amides is 2. The molecule has 0 bridgehead atoms. The molecule has 4 rings (SSSR count). The highest BCUT2D eigenvalue weighted by atomic mass is 16.2. The molecule has 2 heterocycles. The highest BCUT2D eigenvalue weighted by Gasteiger charge is 2.22. The summed E-state index contributed by atoms with van der Waals surface area (Å²) in [6.07, 6.45) is 1.07. The summed E-state index contributed by atoms with van der Waals surface area (Å²) in [6.45, 7) is 5.08. The van der Waals surface area contributed by atoms with Crippen molar-refractivity contribution in [3.8, 4) is 0 Å². The van der Waals surface area contributed by atoms with E-state index in [1.54, 1.807) is 0 Å². The van der Waals surface area contributed by atoms with E-state index in [1.165, 1.54) is 10.7 Å². The number of hydrogen-bond acceptors (Lipinski definition) is 5. The Hall–Kier alpha value is -3.19. The number of anilines is 1. The Kier molecular flexibility index (Phi) is 7.17. The third-order valence-corrected chi connectivity index (χ3v) is 6.07. The molecule has 32 heavy (non-hydrogen) atoms. The zero-order valence-corrected chi connectivity index (χ0v) is 18.7. The van der Waals surface area contributed by atoms with Gasteiger partial charge in [0.25, 0.3) is 0 Å². The summed E-state index contributed by atoms with van der Waals surface area (Å²) >= 11 is 0. The molecule has 0 atom stereocenters. The van der Waals surface area contributed by atoms with E-state index in [4.69, 9.17) is 0 Å². The molecule has 0 spiro atoms. The summed E-state index contributed by atoms with van der Waals surface area (Å²) in [6, 6.07) is 18.1. The zero-order valence-electron chi connectivity index (χ0n) is 18.7. The number of hydrazone groups is 1. The maximum Gasteiger partial charge on any atom is 0.243 e. The SMILES string of the molecule is CN1CCN(c2ccccc2CNC(=O)CCC(=O)N2CCC(c3ccccc3)=N2)CC1. The number of hydrogen-bond donors (Lipinski definition) is 1. The van der Waals surface area contributed by atoms with E-state index in [0.717, 1.165) is 49.4 Å². The van der Waals surface area contributed by atoms with Gasteiger partial charge in [-0.25, -0.2) is 5.01 Å². The molecule has 2 aliphatic rings. The molecule has 168 valence electrons. The summed E-state index contributed by atoms with van der Waals surface area (Å²) < 4.78 is 0. The van der Waals surface area contributed by atoms with Crippen molar-refractivity contribution in [1.82, 2.24) is 15.2 Å². The number of para-hydroxylation sites is 1. The van der Waals surface area contributed by atoms with Gasteiger partial charge in [0.15, 0.2) is 0 Å². The van der Waals surface area contributed by atoms with Crippen LogP contribution < -0.4 is 10.2 Å². The van der Waals surface area contributed by atoms with Gasteiger partial charge in [0.05, 0.1) is 12.3 Å². The maximum atomic E-state index is 12.5. The van der Waals surface area contributed by atoms with Gasteiger partial charge >= 0.3 is 0 Å². The number of benzene rings is 2. The van der Waals surface area contributed by atoms with E-state index in [-0.39, 0.29) is 24.7 Å². The van der Waals surface area contributed by atoms with E-state index in [1.807, 2.05) is 42.5 Å². The second kappa shape index (κ2) is 10.4. The minimum absolute atomic E-state index is 0.107. The molecule has 2 aliphatic heterocycles. The van der Waals surface area contributed by atoms with Crippen molar-refractivity contribution < 1.29 is 9.59 Å². The molecule has 1 saturated heterocycles. The lowest BCUT2D eigenvalue weighted by atomic mass is 10.1. The van der Waals surface area contributed by atoms with Crippen molar-refractivity contribution in [3.05, 3.63) is 65.7 Å². The monoisotopic (exact) mass is 433 g/mol. The van der Waals surface area contributed by atoms with Crippen LogP contribution in [0.1, 0.15) is 30.4 Å². The summed E-state index contributed by atoms with van der Waals surface area (Å²) in [5.74, 6) is -0.220. The van der Waals surface area contributed by atoms with Gasteiger partial charge in [0.2, 0.25) is 11.8 Å². The Labute approximate surface area is 189 Å². The van der Waals surface area contributed by atoms with Gasteiger partial charge in [-0.2, -0.15) is 5.10 Å². The second-order valence-electron chi connectivity index (χ2n) is 8.38. The van der Waals surface area contributed by atoms with Crippen molar-refractivity contribution in [1.29, 1.82) is 0 Å². The van der Waals surface area contributed by atoms with Crippen LogP contribution in [-0.4, -0.2) is 67.2 Å². The van der Waals surface area contributed by atoms with Crippen LogP contribution in [0.25, 0.3) is 0 Å². The minimum Gasteiger partial charge on any atom is -0.369 e. The summed E-state index contributed by atoms with van der Waals surface area (Å²) in [7, 11) is 2.14. The first-order valence-corrected chi connectivity index (χ1v) is 11.3. The molecule has 2 aromatic rings. The smallest absolute Gasteiger partial charge is 0.243 e. The Morgan fingerprint density at radius 1 is 0.906 bits per heavy atom. The third kappa shape index (κ3) is 5.53. The van der Waals surface area contributed by atoms with Crippen LogP contribution in [0.15, 0.2) is 59.7 Å². The van der Waals surface area contributed by atoms with Gasteiger partial charge in [-0.05, 0) is 24.2 Å². The number of nitrogens with one attached hydrogen (secondary N) is 1. The van der Waals surface area contributed by atoms with Crippen molar-refractivity contribution in [2.45, 2.75) is 25.8 Å². The summed E-state index contributed by atoms with van der Waals surface area (Å²) in [5, 5.41) is 8.94. The Bertz CT molecular complexity index is 967. The average molecular weight is 434 g/mol. The van der Waals surface area contributed by atoms with E-state index >= 15 is 0 Å². The van der Waals surface area contributed by atoms with Crippen molar-refractivity contribution in [2.75, 3.05) is 44.7 Å². The number of carbonyl (C=O) groups excluding carboxylic acids is 2. The molecule has 0 unspecified atom stereocenters. The van der Waals surface area contributed by atoms with Crippen LogP contribution in [0, 0.1) is 0 Å². The van der Waals surface area contributed by atoms with Crippen LogP contribution in [0.5, 0.6) is 0 Å². The Balaban J connectivity index is 1.26. The van der Waals surface area contributed by atoms with Crippen LogP contribution in [0.4, 0.5) is 5.69 Å². The molecule has 1 N–H and O–H groups in total. The van der Waals surface area contributed by atoms with E-state index in [0.29, 0.717) is 13.1 Å². The minimum atomic E-state index is -0.113. The summed E-state index contributed by atoms with van der Waals surface area (Å²) in [4.78, 5) is 29.6. The maximum absolute atomic E-state index is 12.5. The number of piperazine rings is 1. The quantitative estimate of drug-likeness (QED) is 0.729. The second-order valence-corrected chi connectivity index (χ2v) is 8.38. The normalized spacial score (nSPS) is 16.7. The molecule has 7 heteroatoms. The van der Waals surface area contributed by atoms with Gasteiger partial charge in [-0.15, -0.1) is 0 Å². The first-order chi connectivity index (χ1) is 15.6. The Morgan fingerprint density at radius 3 is 2.41 bits per heavy atom. The molecule has 7 nitrogen and oxygen atoms in total. The topological polar surface area (TPSA) is 68.2 Å². The fourth-order valence-corrected chi connectivity index (χ4v) is 4.12. The highest BCUT2D eigenvalue weighted by molar-refractivity contribution is 6.02. The van der Waals surface area contributed by atoms with Crippen LogP contribution in [0.2, 0.25) is 0 Å². The fraction of sp³-hybridized carbons (Fsp3) is 0.400. The Morgan fingerprint density at radius 2 is 1.62 bits per heavy atom. The summed E-state index contributed by atoms with van der Waals surface area (Å²) in [5.41, 5.74) is 4.24. The molecule has 0 aliphatic carbocycles. The first kappa shape index (κ1) is 22.0. The molecule has 2 amide bonds. The van der Waals surface area contributed by atoms with Crippen LogP contribution >= 0.6 is 0 Å². The zero-order chi connectivity index (χ0) is 22.3. The molecule has 1 fully saturated rings. The highest BCUT2D eigenvalue weighted by Crippen LogP contribution is 2.22. The van der Waals surface area contributed by atoms with Gasteiger partial charge in [0.1, 0.15) is 0 Å². The molecular formula is C25H31N5O2. The number of rotatable bonds is 7. The number of carbonyl (C=O) groups is 2. The fourth-order valence-electron chi connectivity index (χ4n) is 4.12. The lowest BCUT2D eigenvalue weighted by Crippen LogP contribution is -2.45. The largest absolute Gasteiger partial charge is 0.369 e. The molecule has 0 aromatic heterocycles. The van der Waals surface area contributed by atoms with Crippen molar-refractivity contribution in [3.63, 3.8) is 0 Å². The average Bonchev–Trinajstić information content (AvgIpc) is 3.33. The lowest BCUT2D eigenvalue weighted by molar-refractivity contribution is -0.133.